The first kappa shape index (κ1) is 16.9. The molecule has 0 atom stereocenters. The van der Waals surface area contributed by atoms with Crippen LogP contribution in [0.3, 0.4) is 0 Å². The molecule has 3 rings (SSSR count). The largest absolute Gasteiger partial charge is 0.368 e. The molecule has 0 bridgehead atoms. The number of thiophene rings is 1. The highest BCUT2D eigenvalue weighted by molar-refractivity contribution is 9.10. The number of benzene rings is 1. The molecule has 0 radical (unpaired) electrons. The number of rotatable bonds is 3. The van der Waals surface area contributed by atoms with Gasteiger partial charge in [0.1, 0.15) is 4.83 Å². The Labute approximate surface area is 152 Å². The Hall–Kier alpha value is -1.99. The number of carbonyl (C=O) groups is 1. The zero-order valence-corrected chi connectivity index (χ0v) is 16.0. The monoisotopic (exact) mass is 404 g/mol. The van der Waals surface area contributed by atoms with E-state index in [4.69, 9.17) is 5.73 Å². The van der Waals surface area contributed by atoms with Crippen molar-refractivity contribution in [2.24, 2.45) is 0 Å². The minimum atomic E-state index is -0.103. The van der Waals surface area contributed by atoms with Crippen LogP contribution in [-0.4, -0.2) is 22.4 Å². The van der Waals surface area contributed by atoms with Crippen molar-refractivity contribution in [2.75, 3.05) is 12.3 Å². The summed E-state index contributed by atoms with van der Waals surface area (Å²) in [6.07, 6.45) is 0. The molecule has 124 valence electrons. The van der Waals surface area contributed by atoms with Gasteiger partial charge in [0.25, 0.3) is 5.91 Å². The van der Waals surface area contributed by atoms with Gasteiger partial charge in [-0.25, -0.2) is 9.97 Å². The van der Waals surface area contributed by atoms with Crippen LogP contribution in [0.25, 0.3) is 21.5 Å². The molecule has 0 aliphatic heterocycles. The van der Waals surface area contributed by atoms with E-state index in [-0.39, 0.29) is 11.9 Å². The first-order valence-electron chi connectivity index (χ1n) is 7.53. The summed E-state index contributed by atoms with van der Waals surface area (Å²) >= 11 is 4.88. The van der Waals surface area contributed by atoms with Gasteiger partial charge in [-0.15, -0.1) is 11.3 Å². The normalized spacial score (nSPS) is 11.0. The lowest BCUT2D eigenvalue weighted by atomic mass is 10.0. The molecule has 7 heteroatoms. The number of anilines is 1. The van der Waals surface area contributed by atoms with Crippen molar-refractivity contribution in [1.82, 2.24) is 15.3 Å². The number of carbonyl (C=O) groups excluding carboxylic acids is 1. The van der Waals surface area contributed by atoms with E-state index in [0.717, 1.165) is 37.1 Å². The van der Waals surface area contributed by atoms with E-state index in [0.29, 0.717) is 11.4 Å². The number of nitrogens with zero attached hydrogens (tertiary/aromatic N) is 2. The lowest BCUT2D eigenvalue weighted by Crippen LogP contribution is -2.21. The molecule has 0 aliphatic rings. The standard InChI is InChI=1S/C17H17BrN4OS/c1-4-20-15(23)13-7-11-14(21-17(19)22-16(11)24-13)10-5-9(3)12(18)6-8(10)2/h5-7H,4H2,1-3H3,(H,20,23)(H2,19,21,22). The third kappa shape index (κ3) is 3.01. The molecular weight excluding hydrogens is 388 g/mol. The fraction of sp³-hybridized carbons (Fsp3) is 0.235. The van der Waals surface area contributed by atoms with Gasteiger partial charge in [0.15, 0.2) is 0 Å². The zero-order valence-electron chi connectivity index (χ0n) is 13.6. The van der Waals surface area contributed by atoms with Crippen LogP contribution in [0.1, 0.15) is 27.7 Å². The van der Waals surface area contributed by atoms with Crippen molar-refractivity contribution in [3.8, 4) is 11.3 Å². The average Bonchev–Trinajstić information content (AvgIpc) is 2.94. The van der Waals surface area contributed by atoms with Crippen LogP contribution in [-0.2, 0) is 0 Å². The highest BCUT2D eigenvalue weighted by Gasteiger charge is 2.17. The van der Waals surface area contributed by atoms with Crippen molar-refractivity contribution in [1.29, 1.82) is 0 Å². The maximum atomic E-state index is 12.1. The van der Waals surface area contributed by atoms with Crippen molar-refractivity contribution in [3.63, 3.8) is 0 Å². The van der Waals surface area contributed by atoms with E-state index in [2.05, 4.69) is 43.3 Å². The first-order chi connectivity index (χ1) is 11.4. The van der Waals surface area contributed by atoms with Gasteiger partial charge in [-0.2, -0.15) is 0 Å². The van der Waals surface area contributed by atoms with Crippen LogP contribution < -0.4 is 11.1 Å². The topological polar surface area (TPSA) is 80.9 Å². The molecule has 2 heterocycles. The highest BCUT2D eigenvalue weighted by atomic mass is 79.9. The Balaban J connectivity index is 2.24. The van der Waals surface area contributed by atoms with Crippen LogP contribution in [0.5, 0.6) is 0 Å². The number of hydrogen-bond donors (Lipinski definition) is 2. The summed E-state index contributed by atoms with van der Waals surface area (Å²) < 4.78 is 1.05. The van der Waals surface area contributed by atoms with Crippen molar-refractivity contribution in [3.05, 3.63) is 38.7 Å². The quantitative estimate of drug-likeness (QED) is 0.689. The van der Waals surface area contributed by atoms with Gasteiger partial charge in [-0.1, -0.05) is 15.9 Å². The minimum Gasteiger partial charge on any atom is -0.368 e. The van der Waals surface area contributed by atoms with Gasteiger partial charge < -0.3 is 11.1 Å². The highest BCUT2D eigenvalue weighted by Crippen LogP contribution is 2.35. The molecule has 0 fully saturated rings. The van der Waals surface area contributed by atoms with Gasteiger partial charge in [0.05, 0.1) is 10.6 Å². The number of aryl methyl sites for hydroxylation is 2. The molecule has 3 N–H and O–H groups in total. The van der Waals surface area contributed by atoms with E-state index in [1.807, 2.05) is 26.8 Å². The molecule has 2 aromatic heterocycles. The number of nitrogens with two attached hydrogens (primary N) is 1. The molecule has 5 nitrogen and oxygen atoms in total. The van der Waals surface area contributed by atoms with Gasteiger partial charge in [-0.3, -0.25) is 4.79 Å². The first-order valence-corrected chi connectivity index (χ1v) is 9.14. The summed E-state index contributed by atoms with van der Waals surface area (Å²) in [5.74, 6) is 0.107. The second kappa shape index (κ2) is 6.49. The van der Waals surface area contributed by atoms with E-state index < -0.39 is 0 Å². The molecule has 24 heavy (non-hydrogen) atoms. The Morgan fingerprint density at radius 3 is 2.71 bits per heavy atom. The van der Waals surface area contributed by atoms with Gasteiger partial charge >= 0.3 is 0 Å². The van der Waals surface area contributed by atoms with Crippen LogP contribution in [0.15, 0.2) is 22.7 Å². The Morgan fingerprint density at radius 2 is 2.00 bits per heavy atom. The SMILES string of the molecule is CCNC(=O)c1cc2c(-c3cc(C)c(Br)cc3C)nc(N)nc2s1. The number of halogens is 1. The van der Waals surface area contributed by atoms with Crippen LogP contribution >= 0.6 is 27.3 Å². The number of amides is 1. The molecule has 0 saturated carbocycles. The molecule has 0 spiro atoms. The number of hydrogen-bond acceptors (Lipinski definition) is 5. The lowest BCUT2D eigenvalue weighted by Gasteiger charge is -2.10. The maximum Gasteiger partial charge on any atom is 0.261 e. The van der Waals surface area contributed by atoms with Crippen LogP contribution in [0, 0.1) is 13.8 Å². The summed E-state index contributed by atoms with van der Waals surface area (Å²) in [5.41, 5.74) is 9.85. The third-order valence-electron chi connectivity index (χ3n) is 3.73. The molecular formula is C17H17BrN4OS. The van der Waals surface area contributed by atoms with Crippen LogP contribution in [0.2, 0.25) is 0 Å². The Bertz CT molecular complexity index is 951. The van der Waals surface area contributed by atoms with Gasteiger partial charge in [0, 0.05) is 22.0 Å². The predicted molar refractivity (Wildman–Crippen MR) is 102 cm³/mol. The van der Waals surface area contributed by atoms with Gasteiger partial charge in [-0.05, 0) is 50.1 Å². The number of nitrogens with one attached hydrogen (secondary N) is 1. The molecule has 1 amide bonds. The Kier molecular flexibility index (Phi) is 4.56. The van der Waals surface area contributed by atoms with E-state index in [1.165, 1.54) is 11.3 Å². The van der Waals surface area contributed by atoms with Crippen molar-refractivity contribution >= 4 is 49.3 Å². The van der Waals surface area contributed by atoms with E-state index in [1.54, 1.807) is 0 Å². The molecule has 0 aliphatic carbocycles. The third-order valence-corrected chi connectivity index (χ3v) is 5.61. The Morgan fingerprint density at radius 1 is 1.25 bits per heavy atom. The second-order valence-corrected chi connectivity index (χ2v) is 7.42. The summed E-state index contributed by atoms with van der Waals surface area (Å²) in [5, 5.41) is 3.66. The second-order valence-electron chi connectivity index (χ2n) is 5.54. The molecule has 1 aromatic carbocycles. The van der Waals surface area contributed by atoms with E-state index in [9.17, 15) is 4.79 Å². The maximum absolute atomic E-state index is 12.1. The van der Waals surface area contributed by atoms with Crippen LogP contribution in [0.4, 0.5) is 5.95 Å². The van der Waals surface area contributed by atoms with E-state index >= 15 is 0 Å². The number of fused-ring (bicyclic) bond motifs is 1. The minimum absolute atomic E-state index is 0.103. The summed E-state index contributed by atoms with van der Waals surface area (Å²) in [7, 11) is 0. The molecule has 3 aromatic rings. The smallest absolute Gasteiger partial charge is 0.261 e. The van der Waals surface area contributed by atoms with Crippen molar-refractivity contribution < 1.29 is 4.79 Å². The predicted octanol–water partition coefficient (Wildman–Crippen LogP) is 4.07. The van der Waals surface area contributed by atoms with Crippen molar-refractivity contribution in [2.45, 2.75) is 20.8 Å². The number of aromatic nitrogens is 2. The summed E-state index contributed by atoms with van der Waals surface area (Å²) in [6.45, 7) is 6.53. The van der Waals surface area contributed by atoms with Gasteiger partial charge in [0.2, 0.25) is 5.95 Å². The molecule has 0 saturated heterocycles. The summed E-state index contributed by atoms with van der Waals surface area (Å²) in [4.78, 5) is 22.2. The average molecular weight is 405 g/mol. The lowest BCUT2D eigenvalue weighted by molar-refractivity contribution is 0.0960. The fourth-order valence-electron chi connectivity index (χ4n) is 2.54. The molecule has 0 unspecified atom stereocenters. The fourth-order valence-corrected chi connectivity index (χ4v) is 3.95. The zero-order chi connectivity index (χ0) is 17.4. The summed E-state index contributed by atoms with van der Waals surface area (Å²) in [6, 6.07) is 5.98. The number of nitrogen functional groups attached to an aromatic ring is 1.